The average molecular weight is 265 g/mol. The van der Waals surface area contributed by atoms with Crippen molar-refractivity contribution in [2.24, 2.45) is 0 Å². The molecule has 0 aliphatic carbocycles. The van der Waals surface area contributed by atoms with Gasteiger partial charge in [0.25, 0.3) is 0 Å². The first-order chi connectivity index (χ1) is 8.85. The second-order valence-electron chi connectivity index (χ2n) is 4.07. The van der Waals surface area contributed by atoms with Crippen molar-refractivity contribution in [1.82, 2.24) is 20.2 Å². The topological polar surface area (TPSA) is 66.5 Å². The molecule has 6 heteroatoms. The summed E-state index contributed by atoms with van der Waals surface area (Å²) in [5.74, 6) is 1.77. The Hall–Kier alpha value is -1.30. The van der Waals surface area contributed by atoms with Crippen LogP contribution in [0.15, 0.2) is 11.2 Å². The van der Waals surface area contributed by atoms with E-state index in [0.717, 1.165) is 28.4 Å². The first-order valence-corrected chi connectivity index (χ1v) is 7.41. The quantitative estimate of drug-likeness (QED) is 0.457. The van der Waals surface area contributed by atoms with E-state index in [0.29, 0.717) is 5.95 Å². The molecule has 2 heterocycles. The monoisotopic (exact) mass is 265 g/mol. The molecule has 18 heavy (non-hydrogen) atoms. The predicted octanol–water partition coefficient (Wildman–Crippen LogP) is 3.07. The van der Waals surface area contributed by atoms with Gasteiger partial charge in [0.15, 0.2) is 5.65 Å². The van der Waals surface area contributed by atoms with E-state index in [2.05, 4.69) is 32.4 Å². The van der Waals surface area contributed by atoms with Gasteiger partial charge in [0, 0.05) is 6.54 Å². The van der Waals surface area contributed by atoms with E-state index in [-0.39, 0.29) is 0 Å². The molecule has 2 N–H and O–H groups in total. The first-order valence-electron chi connectivity index (χ1n) is 6.43. The number of unbranched alkanes of at least 4 members (excludes halogenated alkanes) is 2. The number of H-pyrrole nitrogens is 1. The molecule has 0 saturated carbocycles. The fraction of sp³-hybridized carbons (Fsp3) is 0.583. The Morgan fingerprint density at radius 2 is 2.17 bits per heavy atom. The summed E-state index contributed by atoms with van der Waals surface area (Å²) in [6.45, 7) is 5.07. The Kier molecular flexibility index (Phi) is 4.81. The van der Waals surface area contributed by atoms with Crippen molar-refractivity contribution < 1.29 is 0 Å². The maximum Gasteiger partial charge on any atom is 0.225 e. The Morgan fingerprint density at radius 3 is 2.94 bits per heavy atom. The molecule has 0 amide bonds. The van der Waals surface area contributed by atoms with Crippen LogP contribution in [0.2, 0.25) is 0 Å². The minimum Gasteiger partial charge on any atom is -0.354 e. The van der Waals surface area contributed by atoms with Gasteiger partial charge in [-0.25, -0.2) is 4.98 Å². The first kappa shape index (κ1) is 13.1. The summed E-state index contributed by atoms with van der Waals surface area (Å²) in [7, 11) is 0. The molecule has 0 aliphatic heterocycles. The van der Waals surface area contributed by atoms with Gasteiger partial charge in [0.05, 0.1) is 11.6 Å². The number of nitrogens with zero attached hydrogens (tertiary/aromatic N) is 3. The van der Waals surface area contributed by atoms with Crippen LogP contribution in [-0.2, 0) is 0 Å². The number of thioether (sulfide) groups is 1. The molecule has 0 bridgehead atoms. The van der Waals surface area contributed by atoms with E-state index in [1.807, 2.05) is 6.92 Å². The van der Waals surface area contributed by atoms with Crippen LogP contribution in [-0.4, -0.2) is 32.5 Å². The van der Waals surface area contributed by atoms with E-state index in [9.17, 15) is 0 Å². The molecule has 0 aromatic carbocycles. The highest BCUT2D eigenvalue weighted by atomic mass is 32.2. The summed E-state index contributed by atoms with van der Waals surface area (Å²) < 4.78 is 0. The summed E-state index contributed by atoms with van der Waals surface area (Å²) in [5, 5.41) is 12.1. The number of hydrogen-bond donors (Lipinski definition) is 2. The van der Waals surface area contributed by atoms with E-state index >= 15 is 0 Å². The van der Waals surface area contributed by atoms with E-state index in [1.165, 1.54) is 19.3 Å². The summed E-state index contributed by atoms with van der Waals surface area (Å²) in [4.78, 5) is 8.92. The number of fused-ring (bicyclic) bond motifs is 1. The van der Waals surface area contributed by atoms with Gasteiger partial charge in [-0.3, -0.25) is 5.10 Å². The molecule has 2 rings (SSSR count). The van der Waals surface area contributed by atoms with Crippen LogP contribution in [0.5, 0.6) is 0 Å². The maximum atomic E-state index is 4.54. The van der Waals surface area contributed by atoms with Crippen molar-refractivity contribution in [1.29, 1.82) is 0 Å². The normalized spacial score (nSPS) is 11.0. The second kappa shape index (κ2) is 6.58. The van der Waals surface area contributed by atoms with Gasteiger partial charge in [0.2, 0.25) is 5.95 Å². The van der Waals surface area contributed by atoms with E-state index < -0.39 is 0 Å². The van der Waals surface area contributed by atoms with Crippen molar-refractivity contribution in [2.75, 3.05) is 17.6 Å². The molecule has 0 aliphatic rings. The van der Waals surface area contributed by atoms with Crippen LogP contribution in [0.3, 0.4) is 0 Å². The SMILES string of the molecule is CCCCCSc1nc(NCC)nc2[nH]ncc12. The summed E-state index contributed by atoms with van der Waals surface area (Å²) in [6, 6.07) is 0. The summed E-state index contributed by atoms with van der Waals surface area (Å²) >= 11 is 1.78. The largest absolute Gasteiger partial charge is 0.354 e. The highest BCUT2D eigenvalue weighted by Gasteiger charge is 2.09. The fourth-order valence-electron chi connectivity index (χ4n) is 1.68. The smallest absolute Gasteiger partial charge is 0.225 e. The van der Waals surface area contributed by atoms with Gasteiger partial charge in [-0.15, -0.1) is 11.8 Å². The fourth-order valence-corrected chi connectivity index (χ4v) is 2.67. The van der Waals surface area contributed by atoms with Crippen molar-refractivity contribution in [3.63, 3.8) is 0 Å². The molecule has 0 spiro atoms. The Balaban J connectivity index is 2.15. The third-order valence-electron chi connectivity index (χ3n) is 2.60. The molecular weight excluding hydrogens is 246 g/mol. The molecule has 2 aromatic heterocycles. The van der Waals surface area contributed by atoms with Gasteiger partial charge in [-0.05, 0) is 19.1 Å². The molecule has 0 fully saturated rings. The van der Waals surface area contributed by atoms with Gasteiger partial charge in [-0.1, -0.05) is 19.8 Å². The van der Waals surface area contributed by atoms with Gasteiger partial charge >= 0.3 is 0 Å². The van der Waals surface area contributed by atoms with Crippen LogP contribution in [0.1, 0.15) is 33.1 Å². The van der Waals surface area contributed by atoms with Gasteiger partial charge in [-0.2, -0.15) is 10.1 Å². The third kappa shape index (κ3) is 3.13. The van der Waals surface area contributed by atoms with Crippen LogP contribution in [0.4, 0.5) is 5.95 Å². The molecule has 0 radical (unpaired) electrons. The zero-order valence-corrected chi connectivity index (χ0v) is 11.7. The minimum atomic E-state index is 0.673. The molecule has 98 valence electrons. The standard InChI is InChI=1S/C12H19N5S/c1-3-5-6-7-18-11-9-8-14-17-10(9)15-12(16-11)13-4-2/h8H,3-7H2,1-2H3,(H2,13,14,15,16,17). The lowest BCUT2D eigenvalue weighted by molar-refractivity contribution is 0.778. The van der Waals surface area contributed by atoms with Gasteiger partial charge in [0.1, 0.15) is 5.03 Å². The zero-order chi connectivity index (χ0) is 12.8. The highest BCUT2D eigenvalue weighted by Crippen LogP contribution is 2.26. The Labute approximate surface area is 111 Å². The number of aromatic amines is 1. The maximum absolute atomic E-state index is 4.54. The lowest BCUT2D eigenvalue weighted by Crippen LogP contribution is -2.03. The van der Waals surface area contributed by atoms with Crippen LogP contribution in [0.25, 0.3) is 11.0 Å². The number of hydrogen-bond acceptors (Lipinski definition) is 5. The molecular formula is C12H19N5S. The molecule has 0 unspecified atom stereocenters. The minimum absolute atomic E-state index is 0.673. The molecule has 0 saturated heterocycles. The van der Waals surface area contributed by atoms with Crippen LogP contribution in [0, 0.1) is 0 Å². The molecule has 5 nitrogen and oxygen atoms in total. The summed E-state index contributed by atoms with van der Waals surface area (Å²) in [6.07, 6.45) is 5.54. The lowest BCUT2D eigenvalue weighted by atomic mass is 10.3. The van der Waals surface area contributed by atoms with Crippen LogP contribution < -0.4 is 5.32 Å². The number of nitrogens with one attached hydrogen (secondary N) is 2. The lowest BCUT2D eigenvalue weighted by Gasteiger charge is -2.05. The van der Waals surface area contributed by atoms with Crippen molar-refractivity contribution >= 4 is 28.7 Å². The number of rotatable bonds is 7. The predicted molar refractivity (Wildman–Crippen MR) is 76.1 cm³/mol. The van der Waals surface area contributed by atoms with E-state index in [4.69, 9.17) is 0 Å². The van der Waals surface area contributed by atoms with Crippen molar-refractivity contribution in [3.8, 4) is 0 Å². The average Bonchev–Trinajstić information content (AvgIpc) is 2.83. The van der Waals surface area contributed by atoms with Gasteiger partial charge < -0.3 is 5.32 Å². The van der Waals surface area contributed by atoms with Crippen LogP contribution >= 0.6 is 11.8 Å². The summed E-state index contributed by atoms with van der Waals surface area (Å²) in [5.41, 5.74) is 0.805. The van der Waals surface area contributed by atoms with Crippen molar-refractivity contribution in [3.05, 3.63) is 6.20 Å². The number of anilines is 1. The molecule has 2 aromatic rings. The highest BCUT2D eigenvalue weighted by molar-refractivity contribution is 7.99. The molecule has 0 atom stereocenters. The van der Waals surface area contributed by atoms with E-state index in [1.54, 1.807) is 18.0 Å². The zero-order valence-electron chi connectivity index (χ0n) is 10.9. The Bertz CT molecular complexity index is 496. The number of aromatic nitrogens is 4. The third-order valence-corrected chi connectivity index (χ3v) is 3.67. The second-order valence-corrected chi connectivity index (χ2v) is 5.15. The Morgan fingerprint density at radius 1 is 1.28 bits per heavy atom. The van der Waals surface area contributed by atoms with Crippen molar-refractivity contribution in [2.45, 2.75) is 38.1 Å².